The van der Waals surface area contributed by atoms with Gasteiger partial charge in [-0.3, -0.25) is 14.9 Å². The molecule has 0 aliphatic rings. The van der Waals surface area contributed by atoms with Gasteiger partial charge in [-0.2, -0.15) is 13.2 Å². The van der Waals surface area contributed by atoms with Crippen LogP contribution in [-0.2, 0) is 11.0 Å². The van der Waals surface area contributed by atoms with Gasteiger partial charge in [0.25, 0.3) is 0 Å². The van der Waals surface area contributed by atoms with Crippen LogP contribution in [0.2, 0.25) is 0 Å². The molecular weight excluding hydrogens is 260 g/mol. The molecule has 98 valence electrons. The van der Waals surface area contributed by atoms with Crippen molar-refractivity contribution in [1.29, 1.82) is 0 Å². The Hall–Kier alpha value is -2.19. The average Bonchev–Trinajstić information content (AvgIpc) is 2.17. The van der Waals surface area contributed by atoms with Gasteiger partial charge in [0.05, 0.1) is 4.92 Å². The largest absolute Gasteiger partial charge is 0.425 e. The Kier molecular flexibility index (Phi) is 3.54. The van der Waals surface area contributed by atoms with Crippen LogP contribution in [0.1, 0.15) is 12.5 Å². The summed E-state index contributed by atoms with van der Waals surface area (Å²) in [5.41, 5.74) is -4.24. The first-order valence-electron chi connectivity index (χ1n) is 4.46. The van der Waals surface area contributed by atoms with Crippen LogP contribution >= 0.6 is 0 Å². The van der Waals surface area contributed by atoms with Crippen molar-refractivity contribution in [2.75, 3.05) is 5.32 Å². The molecule has 0 spiro atoms. The molecule has 9 heteroatoms. The van der Waals surface area contributed by atoms with E-state index in [1.807, 2.05) is 5.32 Å². The number of carbonyl (C=O) groups excluding carboxylic acids is 1. The minimum atomic E-state index is -5.24. The molecule has 0 unspecified atom stereocenters. The summed E-state index contributed by atoms with van der Waals surface area (Å²) in [5.74, 6) is -2.58. The average molecular weight is 266 g/mol. The number of benzene rings is 1. The van der Waals surface area contributed by atoms with Gasteiger partial charge in [0.1, 0.15) is 11.5 Å². The number of rotatable bonds is 2. The molecule has 0 radical (unpaired) electrons. The third-order valence-corrected chi connectivity index (χ3v) is 1.90. The van der Waals surface area contributed by atoms with E-state index < -0.39 is 39.8 Å². The molecular formula is C9H6F4N2O3. The van der Waals surface area contributed by atoms with Crippen molar-refractivity contribution in [3.05, 3.63) is 33.6 Å². The molecule has 18 heavy (non-hydrogen) atoms. The third kappa shape index (κ3) is 2.73. The molecule has 1 aromatic rings. The molecule has 0 aromatic heterocycles. The van der Waals surface area contributed by atoms with Crippen LogP contribution in [-0.4, -0.2) is 10.8 Å². The van der Waals surface area contributed by atoms with Crippen molar-refractivity contribution in [1.82, 2.24) is 0 Å². The minimum Gasteiger partial charge on any atom is -0.321 e. The topological polar surface area (TPSA) is 72.2 Å². The van der Waals surface area contributed by atoms with Gasteiger partial charge in [0, 0.05) is 6.92 Å². The molecule has 5 nitrogen and oxygen atoms in total. The van der Waals surface area contributed by atoms with Gasteiger partial charge in [-0.25, -0.2) is 4.39 Å². The number of hydrogen-bond acceptors (Lipinski definition) is 3. The van der Waals surface area contributed by atoms with E-state index in [4.69, 9.17) is 0 Å². The van der Waals surface area contributed by atoms with E-state index in [1.54, 1.807) is 0 Å². The number of nitro groups is 1. The van der Waals surface area contributed by atoms with Gasteiger partial charge in [-0.05, 0) is 12.1 Å². The maximum absolute atomic E-state index is 13.1. The first-order valence-corrected chi connectivity index (χ1v) is 4.46. The molecule has 0 saturated carbocycles. The second kappa shape index (κ2) is 4.59. The van der Waals surface area contributed by atoms with E-state index in [-0.39, 0.29) is 0 Å². The number of nitrogens with one attached hydrogen (secondary N) is 1. The van der Waals surface area contributed by atoms with Gasteiger partial charge in [-0.1, -0.05) is 0 Å². The van der Waals surface area contributed by atoms with E-state index in [1.165, 1.54) is 0 Å². The van der Waals surface area contributed by atoms with Crippen molar-refractivity contribution in [2.45, 2.75) is 13.1 Å². The SMILES string of the molecule is CC(=O)Nc1ccc(F)c(C(F)(F)F)c1[N+](=O)[O-]. The lowest BCUT2D eigenvalue weighted by Gasteiger charge is -2.11. The molecule has 0 bridgehead atoms. The fourth-order valence-electron chi connectivity index (χ4n) is 1.32. The Bertz CT molecular complexity index is 513. The highest BCUT2D eigenvalue weighted by Gasteiger charge is 2.43. The summed E-state index contributed by atoms with van der Waals surface area (Å²) < 4.78 is 50.7. The highest BCUT2D eigenvalue weighted by Crippen LogP contribution is 2.41. The predicted octanol–water partition coefficient (Wildman–Crippen LogP) is 2.71. The molecule has 1 amide bonds. The van der Waals surface area contributed by atoms with E-state index in [9.17, 15) is 32.5 Å². The summed E-state index contributed by atoms with van der Waals surface area (Å²) in [4.78, 5) is 19.9. The Morgan fingerprint density at radius 3 is 2.33 bits per heavy atom. The number of nitro benzene ring substituents is 1. The number of carbonyl (C=O) groups is 1. The van der Waals surface area contributed by atoms with Gasteiger partial charge < -0.3 is 5.32 Å². The molecule has 0 aliphatic heterocycles. The standard InChI is InChI=1S/C9H6F4N2O3/c1-4(16)14-6-3-2-5(10)7(9(11,12)13)8(6)15(17)18/h2-3H,1H3,(H,14,16). The second-order valence-corrected chi connectivity index (χ2v) is 3.25. The number of anilines is 1. The third-order valence-electron chi connectivity index (χ3n) is 1.90. The van der Waals surface area contributed by atoms with E-state index in [0.717, 1.165) is 6.92 Å². The van der Waals surface area contributed by atoms with Gasteiger partial charge in [-0.15, -0.1) is 0 Å². The fourth-order valence-corrected chi connectivity index (χ4v) is 1.32. The van der Waals surface area contributed by atoms with Crippen LogP contribution in [0.15, 0.2) is 12.1 Å². The lowest BCUT2D eigenvalue weighted by molar-refractivity contribution is -0.387. The van der Waals surface area contributed by atoms with E-state index in [0.29, 0.717) is 12.1 Å². The number of halogens is 4. The van der Waals surface area contributed by atoms with E-state index in [2.05, 4.69) is 0 Å². The van der Waals surface area contributed by atoms with Crippen molar-refractivity contribution in [3.8, 4) is 0 Å². The summed E-state index contributed by atoms with van der Waals surface area (Å²) in [6.07, 6.45) is -5.24. The minimum absolute atomic E-state index is 0.404. The normalized spacial score (nSPS) is 11.2. The molecule has 0 fully saturated rings. The van der Waals surface area contributed by atoms with Gasteiger partial charge in [0.2, 0.25) is 5.91 Å². The molecule has 1 rings (SSSR count). The first kappa shape index (κ1) is 13.9. The summed E-state index contributed by atoms with van der Waals surface area (Å²) in [5, 5.41) is 12.5. The maximum Gasteiger partial charge on any atom is 0.425 e. The van der Waals surface area contributed by atoms with E-state index >= 15 is 0 Å². The predicted molar refractivity (Wildman–Crippen MR) is 52.4 cm³/mol. The molecule has 0 aliphatic carbocycles. The van der Waals surface area contributed by atoms with Crippen molar-refractivity contribution >= 4 is 17.3 Å². The summed E-state index contributed by atoms with van der Waals surface area (Å²) >= 11 is 0. The monoisotopic (exact) mass is 266 g/mol. The lowest BCUT2D eigenvalue weighted by atomic mass is 10.1. The second-order valence-electron chi connectivity index (χ2n) is 3.25. The number of hydrogen-bond donors (Lipinski definition) is 1. The molecule has 1 N–H and O–H groups in total. The van der Waals surface area contributed by atoms with Crippen LogP contribution in [0.3, 0.4) is 0 Å². The Labute approximate surface area is 97.6 Å². The van der Waals surface area contributed by atoms with Crippen molar-refractivity contribution in [3.63, 3.8) is 0 Å². The summed E-state index contributed by atoms with van der Waals surface area (Å²) in [6.45, 7) is 0.959. The van der Waals surface area contributed by atoms with Crippen LogP contribution in [0.5, 0.6) is 0 Å². The van der Waals surface area contributed by atoms with Crippen LogP contribution in [0, 0.1) is 15.9 Å². The molecule has 0 saturated heterocycles. The molecule has 0 heterocycles. The quantitative estimate of drug-likeness (QED) is 0.508. The summed E-state index contributed by atoms with van der Waals surface area (Å²) in [6, 6.07) is 1.10. The van der Waals surface area contributed by atoms with Crippen LogP contribution in [0.25, 0.3) is 0 Å². The zero-order valence-corrected chi connectivity index (χ0v) is 8.84. The Balaban J connectivity index is 3.58. The van der Waals surface area contributed by atoms with Crippen molar-refractivity contribution in [2.24, 2.45) is 0 Å². The van der Waals surface area contributed by atoms with Crippen molar-refractivity contribution < 1.29 is 27.3 Å². The number of alkyl halides is 3. The van der Waals surface area contributed by atoms with Gasteiger partial charge in [0.15, 0.2) is 5.56 Å². The van der Waals surface area contributed by atoms with Crippen LogP contribution < -0.4 is 5.32 Å². The molecule has 1 aromatic carbocycles. The number of nitrogens with zero attached hydrogens (tertiary/aromatic N) is 1. The Morgan fingerprint density at radius 1 is 1.39 bits per heavy atom. The number of amides is 1. The highest BCUT2D eigenvalue weighted by atomic mass is 19.4. The van der Waals surface area contributed by atoms with Crippen LogP contribution in [0.4, 0.5) is 28.9 Å². The molecule has 0 atom stereocenters. The van der Waals surface area contributed by atoms with Gasteiger partial charge >= 0.3 is 11.9 Å². The summed E-state index contributed by atoms with van der Waals surface area (Å²) in [7, 11) is 0. The first-order chi connectivity index (χ1) is 8.14. The maximum atomic E-state index is 13.1. The zero-order valence-electron chi connectivity index (χ0n) is 8.84. The fraction of sp³-hybridized carbons (Fsp3) is 0.222. The Morgan fingerprint density at radius 2 is 1.94 bits per heavy atom. The zero-order chi connectivity index (χ0) is 14.1. The lowest BCUT2D eigenvalue weighted by Crippen LogP contribution is -2.15. The highest BCUT2D eigenvalue weighted by molar-refractivity contribution is 5.91. The smallest absolute Gasteiger partial charge is 0.321 e.